The second-order valence-corrected chi connectivity index (χ2v) is 7.46. The maximum absolute atomic E-state index is 12.2. The SMILES string of the molecule is Cc1ccc(OCc2nc(CC(=O)OCc3nnnn3-c3ccccc3)cs2)cc1. The second-order valence-electron chi connectivity index (χ2n) is 6.51. The zero-order chi connectivity index (χ0) is 20.8. The molecule has 0 unspecified atom stereocenters. The number of nitrogens with zero attached hydrogens (tertiary/aromatic N) is 5. The van der Waals surface area contributed by atoms with E-state index in [4.69, 9.17) is 9.47 Å². The number of para-hydroxylation sites is 1. The summed E-state index contributed by atoms with van der Waals surface area (Å²) >= 11 is 1.45. The van der Waals surface area contributed by atoms with Gasteiger partial charge in [0.25, 0.3) is 0 Å². The van der Waals surface area contributed by atoms with Crippen LogP contribution in [0.15, 0.2) is 60.0 Å². The van der Waals surface area contributed by atoms with E-state index in [0.29, 0.717) is 18.1 Å². The molecule has 0 atom stereocenters. The monoisotopic (exact) mass is 421 g/mol. The van der Waals surface area contributed by atoms with Gasteiger partial charge in [0.15, 0.2) is 12.4 Å². The van der Waals surface area contributed by atoms with E-state index in [1.165, 1.54) is 21.6 Å². The average molecular weight is 421 g/mol. The minimum Gasteiger partial charge on any atom is -0.486 e. The minimum atomic E-state index is -0.395. The summed E-state index contributed by atoms with van der Waals surface area (Å²) in [6, 6.07) is 17.2. The van der Waals surface area contributed by atoms with Crippen molar-refractivity contribution in [2.75, 3.05) is 0 Å². The molecule has 0 N–H and O–H groups in total. The molecule has 0 saturated heterocycles. The van der Waals surface area contributed by atoms with E-state index in [9.17, 15) is 4.79 Å². The Labute approximate surface area is 177 Å². The van der Waals surface area contributed by atoms with E-state index in [-0.39, 0.29) is 13.0 Å². The minimum absolute atomic E-state index is 0.0196. The Kier molecular flexibility index (Phi) is 6.09. The molecule has 0 radical (unpaired) electrons. The van der Waals surface area contributed by atoms with Gasteiger partial charge in [-0.05, 0) is 41.6 Å². The molecular formula is C21H19N5O3S. The summed E-state index contributed by atoms with van der Waals surface area (Å²) in [5, 5.41) is 14.2. The number of carbonyl (C=O) groups is 1. The topological polar surface area (TPSA) is 92.0 Å². The number of carbonyl (C=O) groups excluding carboxylic acids is 1. The summed E-state index contributed by atoms with van der Waals surface area (Å²) in [5.41, 5.74) is 2.62. The molecule has 0 fully saturated rings. The summed E-state index contributed by atoms with van der Waals surface area (Å²) in [6.45, 7) is 2.36. The number of esters is 1. The fourth-order valence-electron chi connectivity index (χ4n) is 2.69. The van der Waals surface area contributed by atoms with Crippen LogP contribution >= 0.6 is 11.3 Å². The van der Waals surface area contributed by atoms with Crippen molar-refractivity contribution in [2.24, 2.45) is 0 Å². The molecule has 0 bridgehead atoms. The van der Waals surface area contributed by atoms with E-state index in [1.54, 1.807) is 0 Å². The van der Waals surface area contributed by atoms with Crippen LogP contribution in [0.3, 0.4) is 0 Å². The van der Waals surface area contributed by atoms with Gasteiger partial charge in [-0.2, -0.15) is 4.68 Å². The molecule has 2 aromatic carbocycles. The van der Waals surface area contributed by atoms with Gasteiger partial charge in [-0.1, -0.05) is 35.9 Å². The molecule has 30 heavy (non-hydrogen) atoms. The van der Waals surface area contributed by atoms with Gasteiger partial charge >= 0.3 is 5.97 Å². The van der Waals surface area contributed by atoms with E-state index < -0.39 is 5.97 Å². The van der Waals surface area contributed by atoms with Crippen molar-refractivity contribution >= 4 is 17.3 Å². The number of hydrogen-bond donors (Lipinski definition) is 0. The number of tetrazole rings is 1. The molecule has 4 rings (SSSR count). The Balaban J connectivity index is 1.28. The quantitative estimate of drug-likeness (QED) is 0.403. The maximum Gasteiger partial charge on any atom is 0.312 e. The Morgan fingerprint density at radius 3 is 2.67 bits per heavy atom. The van der Waals surface area contributed by atoms with Crippen LogP contribution in [-0.2, 0) is 29.2 Å². The molecule has 0 aliphatic heterocycles. The number of benzene rings is 2. The van der Waals surface area contributed by atoms with Crippen molar-refractivity contribution in [3.05, 3.63) is 82.1 Å². The summed E-state index contributed by atoms with van der Waals surface area (Å²) < 4.78 is 12.6. The van der Waals surface area contributed by atoms with Crippen molar-refractivity contribution in [3.63, 3.8) is 0 Å². The third kappa shape index (κ3) is 5.06. The van der Waals surface area contributed by atoms with Gasteiger partial charge in [0.1, 0.15) is 17.4 Å². The van der Waals surface area contributed by atoms with Gasteiger partial charge in [-0.3, -0.25) is 4.79 Å². The summed E-state index contributed by atoms with van der Waals surface area (Å²) in [7, 11) is 0. The lowest BCUT2D eigenvalue weighted by molar-refractivity contribution is -0.144. The van der Waals surface area contributed by atoms with Crippen LogP contribution in [0.25, 0.3) is 5.69 Å². The molecule has 8 nitrogen and oxygen atoms in total. The molecule has 0 spiro atoms. The molecule has 4 aromatic rings. The van der Waals surface area contributed by atoms with Crippen LogP contribution in [0.4, 0.5) is 0 Å². The average Bonchev–Trinajstić information content (AvgIpc) is 3.42. The first kappa shape index (κ1) is 19.7. The standard InChI is InChI=1S/C21H19N5O3S/c1-15-7-9-18(10-8-15)28-13-20-22-16(14-30-20)11-21(27)29-12-19-23-24-25-26(19)17-5-3-2-4-6-17/h2-10,14H,11-13H2,1H3. The second kappa shape index (κ2) is 9.27. The van der Waals surface area contributed by atoms with Gasteiger partial charge in [-0.25, -0.2) is 4.98 Å². The molecule has 0 saturated carbocycles. The summed E-state index contributed by atoms with van der Waals surface area (Å²) in [6.07, 6.45) is 0.0773. The van der Waals surface area contributed by atoms with Crippen LogP contribution in [0.1, 0.15) is 22.1 Å². The van der Waals surface area contributed by atoms with Crippen LogP contribution in [-0.4, -0.2) is 31.2 Å². The smallest absolute Gasteiger partial charge is 0.312 e. The highest BCUT2D eigenvalue weighted by Crippen LogP contribution is 2.17. The highest BCUT2D eigenvalue weighted by molar-refractivity contribution is 7.09. The number of ether oxygens (including phenoxy) is 2. The van der Waals surface area contributed by atoms with Crippen molar-refractivity contribution in [2.45, 2.75) is 26.6 Å². The lowest BCUT2D eigenvalue weighted by Crippen LogP contribution is -2.12. The van der Waals surface area contributed by atoms with Gasteiger partial charge < -0.3 is 9.47 Å². The largest absolute Gasteiger partial charge is 0.486 e. The Bertz CT molecular complexity index is 1110. The van der Waals surface area contributed by atoms with Crippen molar-refractivity contribution in [3.8, 4) is 11.4 Å². The molecule has 9 heteroatoms. The zero-order valence-corrected chi connectivity index (χ0v) is 17.1. The molecule has 0 aliphatic carbocycles. The third-order valence-corrected chi connectivity index (χ3v) is 5.08. The summed E-state index contributed by atoms with van der Waals surface area (Å²) in [4.78, 5) is 16.6. The van der Waals surface area contributed by atoms with E-state index >= 15 is 0 Å². The molecule has 152 valence electrons. The lowest BCUT2D eigenvalue weighted by atomic mass is 10.2. The van der Waals surface area contributed by atoms with Crippen molar-refractivity contribution in [1.82, 2.24) is 25.2 Å². The molecule has 2 aromatic heterocycles. The molecule has 0 aliphatic rings. The fourth-order valence-corrected chi connectivity index (χ4v) is 3.39. The Hall–Kier alpha value is -3.59. The lowest BCUT2D eigenvalue weighted by Gasteiger charge is -2.05. The first-order valence-electron chi connectivity index (χ1n) is 9.28. The van der Waals surface area contributed by atoms with Crippen molar-refractivity contribution in [1.29, 1.82) is 0 Å². The van der Waals surface area contributed by atoms with Crippen LogP contribution in [0.2, 0.25) is 0 Å². The van der Waals surface area contributed by atoms with Gasteiger partial charge in [0, 0.05) is 5.38 Å². The zero-order valence-electron chi connectivity index (χ0n) is 16.3. The van der Waals surface area contributed by atoms with Crippen molar-refractivity contribution < 1.29 is 14.3 Å². The maximum atomic E-state index is 12.2. The first-order valence-corrected chi connectivity index (χ1v) is 10.2. The molecular weight excluding hydrogens is 402 g/mol. The highest BCUT2D eigenvalue weighted by atomic mass is 32.1. The number of thiazole rings is 1. The summed E-state index contributed by atoms with van der Waals surface area (Å²) in [5.74, 6) is 0.835. The Morgan fingerprint density at radius 1 is 1.07 bits per heavy atom. The highest BCUT2D eigenvalue weighted by Gasteiger charge is 2.13. The van der Waals surface area contributed by atoms with E-state index in [0.717, 1.165) is 16.4 Å². The van der Waals surface area contributed by atoms with Gasteiger partial charge in [-0.15, -0.1) is 16.4 Å². The number of aryl methyl sites for hydroxylation is 1. The van der Waals surface area contributed by atoms with Crippen LogP contribution in [0.5, 0.6) is 5.75 Å². The Morgan fingerprint density at radius 2 is 1.87 bits per heavy atom. The first-order chi connectivity index (χ1) is 14.7. The van der Waals surface area contributed by atoms with Gasteiger partial charge in [0.05, 0.1) is 17.8 Å². The normalized spacial score (nSPS) is 10.7. The van der Waals surface area contributed by atoms with E-state index in [1.807, 2.05) is 66.9 Å². The number of aromatic nitrogens is 5. The molecule has 2 heterocycles. The predicted molar refractivity (Wildman–Crippen MR) is 110 cm³/mol. The van der Waals surface area contributed by atoms with Gasteiger partial charge in [0.2, 0.25) is 0 Å². The van der Waals surface area contributed by atoms with E-state index in [2.05, 4.69) is 20.5 Å². The number of rotatable bonds is 8. The molecule has 0 amide bonds. The predicted octanol–water partition coefficient (Wildman–Crippen LogP) is 3.29. The number of hydrogen-bond acceptors (Lipinski definition) is 8. The fraction of sp³-hybridized carbons (Fsp3) is 0.190. The third-order valence-electron chi connectivity index (χ3n) is 4.21. The van der Waals surface area contributed by atoms with Crippen LogP contribution in [0, 0.1) is 6.92 Å². The van der Waals surface area contributed by atoms with Crippen LogP contribution < -0.4 is 4.74 Å².